The summed E-state index contributed by atoms with van der Waals surface area (Å²) in [5.74, 6) is -8.14. The zero-order chi connectivity index (χ0) is 51.1. The molecule has 1 heterocycles. The van der Waals surface area contributed by atoms with Crippen LogP contribution in [0.15, 0.2) is 30.3 Å². The number of amides is 9. The van der Waals surface area contributed by atoms with Gasteiger partial charge in [-0.05, 0) is 90.0 Å². The molecule has 382 valence electrons. The monoisotopic (exact) mass is 963 g/mol. The van der Waals surface area contributed by atoms with Gasteiger partial charge in [0.25, 0.3) is 0 Å². The van der Waals surface area contributed by atoms with Crippen molar-refractivity contribution in [2.45, 2.75) is 139 Å². The molecule has 2 rings (SSSR count). The lowest BCUT2D eigenvalue weighted by Gasteiger charge is -2.28. The molecule has 68 heavy (non-hydrogen) atoms. The van der Waals surface area contributed by atoms with Crippen molar-refractivity contribution in [1.29, 1.82) is 0 Å². The van der Waals surface area contributed by atoms with Crippen LogP contribution in [-0.2, 0) is 49.6 Å². The van der Waals surface area contributed by atoms with Crippen LogP contribution < -0.4 is 76.5 Å². The first-order valence-electron chi connectivity index (χ1n) is 22.8. The summed E-state index contributed by atoms with van der Waals surface area (Å²) in [6.07, 6.45) is -3.78. The highest BCUT2D eigenvalue weighted by atomic mass is 16.3. The quantitative estimate of drug-likeness (QED) is 0.0650. The number of hydrogen-bond acceptors (Lipinski definition) is 16. The van der Waals surface area contributed by atoms with Crippen molar-refractivity contribution in [2.75, 3.05) is 32.7 Å². The van der Waals surface area contributed by atoms with Crippen LogP contribution in [0.5, 0.6) is 0 Å². The molecule has 0 saturated carbocycles. The van der Waals surface area contributed by atoms with E-state index in [0.717, 1.165) is 0 Å². The highest BCUT2D eigenvalue weighted by molar-refractivity contribution is 5.98. The van der Waals surface area contributed by atoms with Gasteiger partial charge in [0.05, 0.1) is 12.2 Å². The lowest BCUT2D eigenvalue weighted by atomic mass is 10.00. The van der Waals surface area contributed by atoms with Crippen LogP contribution in [0, 0.1) is 5.92 Å². The van der Waals surface area contributed by atoms with E-state index in [9.17, 15) is 53.4 Å². The molecule has 25 heteroatoms. The molecule has 25 nitrogen and oxygen atoms in total. The third-order valence-electron chi connectivity index (χ3n) is 10.9. The maximum absolute atomic E-state index is 14.2. The van der Waals surface area contributed by atoms with Crippen molar-refractivity contribution in [1.82, 2.24) is 47.9 Å². The molecule has 9 amide bonds. The smallest absolute Gasteiger partial charge is 0.245 e. The van der Waals surface area contributed by atoms with Gasteiger partial charge in [0, 0.05) is 13.0 Å². The van der Waals surface area contributed by atoms with Crippen LogP contribution >= 0.6 is 0 Å². The first kappa shape index (κ1) is 58.3. The highest BCUT2D eigenvalue weighted by Gasteiger charge is 2.36. The third-order valence-corrected chi connectivity index (χ3v) is 10.9. The summed E-state index contributed by atoms with van der Waals surface area (Å²) in [5, 5.41) is 43.4. The number of carbonyl (C=O) groups is 9. The fraction of sp³-hybridized carbons (Fsp3) is 0.651. The van der Waals surface area contributed by atoms with Crippen LogP contribution in [0.3, 0.4) is 0 Å². The Kier molecular flexibility index (Phi) is 25.6. The van der Waals surface area contributed by atoms with Gasteiger partial charge in [-0.15, -0.1) is 0 Å². The maximum Gasteiger partial charge on any atom is 0.245 e. The Balaban J connectivity index is 2.74. The largest absolute Gasteiger partial charge is 0.391 e. The Bertz CT molecular complexity index is 1840. The summed E-state index contributed by atoms with van der Waals surface area (Å²) in [6, 6.07) is -4.14. The van der Waals surface area contributed by atoms with Crippen molar-refractivity contribution >= 4 is 53.2 Å². The van der Waals surface area contributed by atoms with E-state index in [0.29, 0.717) is 5.56 Å². The molecule has 0 aromatic heterocycles. The minimum absolute atomic E-state index is 0.0731. The van der Waals surface area contributed by atoms with Crippen molar-refractivity contribution in [3.05, 3.63) is 35.9 Å². The van der Waals surface area contributed by atoms with E-state index in [2.05, 4.69) is 47.9 Å². The van der Waals surface area contributed by atoms with Gasteiger partial charge in [0.2, 0.25) is 53.2 Å². The van der Waals surface area contributed by atoms with Crippen molar-refractivity contribution < 1.29 is 53.4 Å². The summed E-state index contributed by atoms with van der Waals surface area (Å²) in [7, 11) is 0. The van der Waals surface area contributed by atoms with Gasteiger partial charge in [-0.3, -0.25) is 43.2 Å². The predicted octanol–water partition coefficient (Wildman–Crippen LogP) is -6.84. The average molecular weight is 963 g/mol. The van der Waals surface area contributed by atoms with Crippen LogP contribution in [-0.4, -0.2) is 163 Å². The van der Waals surface area contributed by atoms with Crippen LogP contribution in [0.25, 0.3) is 0 Å². The molecule has 1 saturated heterocycles. The number of nitrogens with one attached hydrogen (secondary N) is 9. The molecule has 0 spiro atoms. The number of hydrogen-bond donors (Lipinski definition) is 16. The minimum atomic E-state index is -1.63. The van der Waals surface area contributed by atoms with E-state index in [1.165, 1.54) is 13.8 Å². The lowest BCUT2D eigenvalue weighted by molar-refractivity contribution is -0.136. The number of aliphatic hydroxyl groups is 2. The van der Waals surface area contributed by atoms with E-state index >= 15 is 0 Å². The van der Waals surface area contributed by atoms with Gasteiger partial charge >= 0.3 is 0 Å². The third kappa shape index (κ3) is 19.4. The molecule has 0 bridgehead atoms. The van der Waals surface area contributed by atoms with Crippen LogP contribution in [0.4, 0.5) is 0 Å². The summed E-state index contributed by atoms with van der Waals surface area (Å²) in [6.45, 7) is 5.20. The predicted molar refractivity (Wildman–Crippen MR) is 249 cm³/mol. The number of carbonyl (C=O) groups excluding carboxylic acids is 9. The van der Waals surface area contributed by atoms with Gasteiger partial charge in [-0.25, -0.2) is 0 Å². The molecule has 21 N–H and O–H groups in total. The van der Waals surface area contributed by atoms with E-state index < -0.39 is 126 Å². The molecule has 2 unspecified atom stereocenters. The summed E-state index contributed by atoms with van der Waals surface area (Å²) in [5.41, 5.74) is 29.6. The fourth-order valence-electron chi connectivity index (χ4n) is 7.00. The van der Waals surface area contributed by atoms with Gasteiger partial charge in [0.1, 0.15) is 54.4 Å². The topological polar surface area (TPSA) is 432 Å². The average Bonchev–Trinajstić information content (AvgIpc) is 3.28. The molecule has 1 aliphatic rings. The van der Waals surface area contributed by atoms with E-state index in [-0.39, 0.29) is 77.0 Å². The fourth-order valence-corrected chi connectivity index (χ4v) is 7.00. The summed E-state index contributed by atoms with van der Waals surface area (Å²) >= 11 is 0. The molecule has 0 radical (unpaired) electrons. The van der Waals surface area contributed by atoms with E-state index in [1.807, 2.05) is 0 Å². The molecule has 1 aliphatic heterocycles. The highest BCUT2D eigenvalue weighted by Crippen LogP contribution is 2.11. The Morgan fingerprint density at radius 1 is 0.632 bits per heavy atom. The molecule has 1 fully saturated rings. The molecule has 1 aromatic carbocycles. The summed E-state index contributed by atoms with van der Waals surface area (Å²) in [4.78, 5) is 124. The van der Waals surface area contributed by atoms with Crippen LogP contribution in [0.2, 0.25) is 0 Å². The zero-order valence-electron chi connectivity index (χ0n) is 39.3. The first-order valence-corrected chi connectivity index (χ1v) is 22.8. The summed E-state index contributed by atoms with van der Waals surface area (Å²) < 4.78 is 0. The first-order chi connectivity index (χ1) is 32.2. The van der Waals surface area contributed by atoms with Crippen LogP contribution in [0.1, 0.15) is 71.8 Å². The minimum Gasteiger partial charge on any atom is -0.391 e. The second-order valence-corrected chi connectivity index (χ2v) is 17.1. The molecule has 11 atom stereocenters. The number of rotatable bonds is 18. The Morgan fingerprint density at radius 2 is 1.10 bits per heavy atom. The lowest BCUT2D eigenvalue weighted by Crippen LogP contribution is -2.61. The Labute approximate surface area is 396 Å². The Morgan fingerprint density at radius 3 is 1.59 bits per heavy atom. The van der Waals surface area contributed by atoms with Crippen molar-refractivity contribution in [3.63, 3.8) is 0 Å². The number of nitrogens with two attached hydrogens (primary N) is 5. The SMILES string of the molecule is CC(C)C[C@@H]1NC(=O)[C@@H](Cc2ccccc2)NC(=O)[C@H](CCN)NC(=O)C(NC(=O)[C@H](CCN)NC(=O)[C@@H](N)[C@@H](C)O)CCNC(=O)[C@H]([C@@H](C)O)NC(=O)[C@H](CCN)NC(=O)C(CCN)NC1=O. The molecule has 0 aliphatic carbocycles. The van der Waals surface area contributed by atoms with Gasteiger partial charge in [-0.2, -0.15) is 0 Å². The Hall–Kier alpha value is -5.83. The zero-order valence-corrected chi connectivity index (χ0v) is 39.3. The number of benzene rings is 1. The number of aliphatic hydroxyl groups excluding tert-OH is 2. The molecular formula is C43H74N14O11. The second kappa shape index (κ2) is 29.8. The molecular weight excluding hydrogens is 889 g/mol. The normalized spacial score (nSPS) is 24.9. The van der Waals surface area contributed by atoms with E-state index in [4.69, 9.17) is 28.7 Å². The van der Waals surface area contributed by atoms with Crippen molar-refractivity contribution in [3.8, 4) is 0 Å². The second-order valence-electron chi connectivity index (χ2n) is 17.1. The maximum atomic E-state index is 14.2. The molecule has 1 aromatic rings. The van der Waals surface area contributed by atoms with Gasteiger partial charge < -0.3 is 86.7 Å². The van der Waals surface area contributed by atoms with Gasteiger partial charge in [-0.1, -0.05) is 44.2 Å². The standard InChI is InChI=1S/C43H74N14O11/c1-22(2)20-31-40(65)52-26(10-15-44)35(60)51-29(13-18-47)39(64)57-34(24(4)59)43(68)49-19-14-30(53-36(61)28(12-17-46)54-42(67)33(48)23(3)58)38(63)50-27(11-16-45)37(62)56-32(41(66)55-31)21-25-8-6-5-7-9-25/h5-9,22-24,26-34,58-59H,10-21,44-48H2,1-4H3,(H,49,68)(H,50,63)(H,51,60)(H,52,65)(H,53,61)(H,54,67)(H,55,66)(H,56,62)(H,57,64)/t23-,24-,26?,27+,28+,29+,30?,31+,32-,33+,34+/m1/s1. The van der Waals surface area contributed by atoms with E-state index in [1.54, 1.807) is 44.2 Å². The van der Waals surface area contributed by atoms with Crippen molar-refractivity contribution in [2.24, 2.45) is 34.6 Å². The van der Waals surface area contributed by atoms with Gasteiger partial charge in [0.15, 0.2) is 0 Å².